The number of nitrogens with zero attached hydrogens (tertiary/aromatic N) is 3. The molecule has 0 spiro atoms. The van der Waals surface area contributed by atoms with E-state index in [0.29, 0.717) is 49.8 Å². The number of hydrogen-bond donors (Lipinski definition) is 2. The van der Waals surface area contributed by atoms with E-state index in [0.717, 1.165) is 0 Å². The molecule has 116 valence electrons. The molecule has 0 saturated heterocycles. The number of aromatic nitrogens is 4. The second kappa shape index (κ2) is 6.57. The Kier molecular flexibility index (Phi) is 4.79. The summed E-state index contributed by atoms with van der Waals surface area (Å²) in [6, 6.07) is 0. The first-order valence-corrected chi connectivity index (χ1v) is 7.10. The van der Waals surface area contributed by atoms with E-state index in [1.807, 2.05) is 13.8 Å². The zero-order chi connectivity index (χ0) is 15.4. The van der Waals surface area contributed by atoms with Gasteiger partial charge < -0.3 is 14.6 Å². The van der Waals surface area contributed by atoms with Crippen molar-refractivity contribution in [3.8, 4) is 0 Å². The van der Waals surface area contributed by atoms with Crippen LogP contribution in [0.1, 0.15) is 20.3 Å². The molecular weight excluding hydrogens is 274 g/mol. The Morgan fingerprint density at radius 2 is 2.05 bits per heavy atom. The van der Waals surface area contributed by atoms with Gasteiger partial charge in [0.1, 0.15) is 0 Å². The number of nitrogens with one attached hydrogen (secondary N) is 2. The van der Waals surface area contributed by atoms with Crippen LogP contribution in [0.3, 0.4) is 0 Å². The molecule has 0 aliphatic heterocycles. The average Bonchev–Trinajstić information content (AvgIpc) is 2.81. The molecule has 2 rings (SSSR count). The number of anilines is 1. The third-order valence-corrected chi connectivity index (χ3v) is 3.27. The van der Waals surface area contributed by atoms with E-state index in [4.69, 9.17) is 4.74 Å². The van der Waals surface area contributed by atoms with Crippen LogP contribution in [-0.4, -0.2) is 39.4 Å². The van der Waals surface area contributed by atoms with Crippen LogP contribution in [0.15, 0.2) is 9.59 Å². The highest BCUT2D eigenvalue weighted by atomic mass is 16.5. The van der Waals surface area contributed by atoms with Crippen LogP contribution in [-0.2, 0) is 17.8 Å². The summed E-state index contributed by atoms with van der Waals surface area (Å²) in [5.74, 6) is 0.603. The average molecular weight is 295 g/mol. The van der Waals surface area contributed by atoms with E-state index >= 15 is 0 Å². The van der Waals surface area contributed by atoms with E-state index in [2.05, 4.69) is 15.3 Å². The van der Waals surface area contributed by atoms with Crippen LogP contribution in [0.4, 0.5) is 5.95 Å². The number of imidazole rings is 1. The number of H-pyrrole nitrogens is 1. The maximum atomic E-state index is 12.1. The lowest BCUT2D eigenvalue weighted by atomic mass is 10.4. The van der Waals surface area contributed by atoms with Crippen LogP contribution < -0.4 is 16.6 Å². The molecular formula is C13H21N5O3. The minimum absolute atomic E-state index is 0.406. The SMILES string of the molecule is CCNc1nc2c(c(=O)[nH]c(=O)n2CCCOC)n1CC. The van der Waals surface area contributed by atoms with Gasteiger partial charge in [0.05, 0.1) is 0 Å². The van der Waals surface area contributed by atoms with Crippen LogP contribution in [0.25, 0.3) is 11.2 Å². The molecule has 0 unspecified atom stereocenters. The molecule has 2 aromatic rings. The lowest BCUT2D eigenvalue weighted by molar-refractivity contribution is 0.190. The van der Waals surface area contributed by atoms with Crippen molar-refractivity contribution in [2.45, 2.75) is 33.4 Å². The maximum Gasteiger partial charge on any atom is 0.330 e. The number of ether oxygens (including phenoxy) is 1. The smallest absolute Gasteiger partial charge is 0.330 e. The molecule has 0 fully saturated rings. The molecule has 2 heterocycles. The van der Waals surface area contributed by atoms with E-state index < -0.39 is 11.2 Å². The summed E-state index contributed by atoms with van der Waals surface area (Å²) >= 11 is 0. The van der Waals surface area contributed by atoms with Gasteiger partial charge in [-0.05, 0) is 20.3 Å². The van der Waals surface area contributed by atoms with Gasteiger partial charge in [0.25, 0.3) is 5.56 Å². The Labute approximate surface area is 121 Å². The normalized spacial score (nSPS) is 11.2. The van der Waals surface area contributed by atoms with Crippen molar-refractivity contribution in [2.24, 2.45) is 0 Å². The Balaban J connectivity index is 2.63. The molecule has 2 N–H and O–H groups in total. The van der Waals surface area contributed by atoms with Crippen LogP contribution in [0, 0.1) is 0 Å². The van der Waals surface area contributed by atoms with Crippen molar-refractivity contribution in [3.63, 3.8) is 0 Å². The minimum atomic E-state index is -0.438. The highest BCUT2D eigenvalue weighted by Crippen LogP contribution is 2.15. The summed E-state index contributed by atoms with van der Waals surface area (Å²) in [6.45, 7) is 6.16. The molecule has 0 radical (unpaired) electrons. The second-order valence-corrected chi connectivity index (χ2v) is 4.64. The van der Waals surface area contributed by atoms with Crippen molar-refractivity contribution in [2.75, 3.05) is 25.6 Å². The first kappa shape index (κ1) is 15.3. The summed E-state index contributed by atoms with van der Waals surface area (Å²) in [7, 11) is 1.61. The second-order valence-electron chi connectivity index (χ2n) is 4.64. The van der Waals surface area contributed by atoms with Crippen molar-refractivity contribution in [1.29, 1.82) is 0 Å². The summed E-state index contributed by atoms with van der Waals surface area (Å²) in [5.41, 5.74) is -0.00739. The molecule has 0 bridgehead atoms. The minimum Gasteiger partial charge on any atom is -0.385 e. The monoisotopic (exact) mass is 295 g/mol. The highest BCUT2D eigenvalue weighted by Gasteiger charge is 2.17. The fraction of sp³-hybridized carbons (Fsp3) is 0.615. The van der Waals surface area contributed by atoms with Gasteiger partial charge >= 0.3 is 5.69 Å². The standard InChI is InChI=1S/C13H21N5O3/c1-4-14-12-15-10-9(17(12)5-2)11(19)16-13(20)18(10)7-6-8-21-3/h4-8H2,1-3H3,(H,14,15)(H,16,19,20). The van der Waals surface area contributed by atoms with Gasteiger partial charge in [-0.3, -0.25) is 14.3 Å². The number of rotatable bonds is 7. The molecule has 0 aromatic carbocycles. The molecule has 0 atom stereocenters. The molecule has 0 saturated carbocycles. The lowest BCUT2D eigenvalue weighted by Gasteiger charge is -2.06. The fourth-order valence-corrected chi connectivity index (χ4v) is 2.35. The summed E-state index contributed by atoms with van der Waals surface area (Å²) in [4.78, 5) is 30.9. The van der Waals surface area contributed by atoms with Gasteiger partial charge in [-0.2, -0.15) is 4.98 Å². The lowest BCUT2D eigenvalue weighted by Crippen LogP contribution is -2.31. The number of aryl methyl sites for hydroxylation is 2. The third kappa shape index (κ3) is 2.85. The van der Waals surface area contributed by atoms with Gasteiger partial charge in [-0.15, -0.1) is 0 Å². The van der Waals surface area contributed by atoms with E-state index in [-0.39, 0.29) is 0 Å². The third-order valence-electron chi connectivity index (χ3n) is 3.27. The predicted molar refractivity (Wildman–Crippen MR) is 80.9 cm³/mol. The topological polar surface area (TPSA) is 93.9 Å². The van der Waals surface area contributed by atoms with E-state index in [1.165, 1.54) is 4.57 Å². The van der Waals surface area contributed by atoms with Crippen LogP contribution in [0.2, 0.25) is 0 Å². The number of fused-ring (bicyclic) bond motifs is 1. The highest BCUT2D eigenvalue weighted by molar-refractivity contribution is 5.74. The molecule has 0 aliphatic rings. The van der Waals surface area contributed by atoms with Crippen molar-refractivity contribution < 1.29 is 4.74 Å². The van der Waals surface area contributed by atoms with Gasteiger partial charge in [-0.25, -0.2) is 4.79 Å². The zero-order valence-electron chi connectivity index (χ0n) is 12.6. The Morgan fingerprint density at radius 3 is 2.67 bits per heavy atom. The first-order chi connectivity index (χ1) is 10.1. The molecule has 2 aromatic heterocycles. The van der Waals surface area contributed by atoms with Crippen LogP contribution >= 0.6 is 0 Å². The Bertz CT molecular complexity index is 728. The van der Waals surface area contributed by atoms with Crippen molar-refractivity contribution in [3.05, 3.63) is 20.8 Å². The van der Waals surface area contributed by atoms with E-state index in [1.54, 1.807) is 11.7 Å². The van der Waals surface area contributed by atoms with Gasteiger partial charge in [-0.1, -0.05) is 0 Å². The van der Waals surface area contributed by atoms with Gasteiger partial charge in [0.2, 0.25) is 5.95 Å². The predicted octanol–water partition coefficient (Wildman–Crippen LogP) is 0.374. The Morgan fingerprint density at radius 1 is 1.29 bits per heavy atom. The molecule has 0 amide bonds. The summed E-state index contributed by atoms with van der Waals surface area (Å²) in [5, 5.41) is 3.12. The largest absolute Gasteiger partial charge is 0.385 e. The fourth-order valence-electron chi connectivity index (χ4n) is 2.35. The number of aromatic amines is 1. The summed E-state index contributed by atoms with van der Waals surface area (Å²) in [6.07, 6.45) is 0.674. The molecule has 8 nitrogen and oxygen atoms in total. The number of methoxy groups -OCH3 is 1. The van der Waals surface area contributed by atoms with Crippen molar-refractivity contribution in [1.82, 2.24) is 19.1 Å². The molecule has 0 aliphatic carbocycles. The van der Waals surface area contributed by atoms with Gasteiger partial charge in [0.15, 0.2) is 11.2 Å². The maximum absolute atomic E-state index is 12.1. The van der Waals surface area contributed by atoms with Crippen molar-refractivity contribution >= 4 is 17.1 Å². The summed E-state index contributed by atoms with van der Waals surface area (Å²) < 4.78 is 8.27. The van der Waals surface area contributed by atoms with E-state index in [9.17, 15) is 9.59 Å². The first-order valence-electron chi connectivity index (χ1n) is 7.10. The number of hydrogen-bond acceptors (Lipinski definition) is 5. The Hall–Kier alpha value is -2.09. The zero-order valence-corrected chi connectivity index (χ0v) is 12.6. The van der Waals surface area contributed by atoms with Crippen LogP contribution in [0.5, 0.6) is 0 Å². The molecule has 8 heteroatoms. The molecule has 21 heavy (non-hydrogen) atoms. The van der Waals surface area contributed by atoms with Gasteiger partial charge in [0, 0.05) is 33.4 Å². The quantitative estimate of drug-likeness (QED) is 0.720.